The number of rotatable bonds is 0. The molecule has 0 aromatic heterocycles. The molecule has 3 aliphatic rings. The number of carbonyl (C=O) groups excluding carboxylic acids is 1. The van der Waals surface area contributed by atoms with E-state index < -0.39 is 0 Å². The number of fused-ring (bicyclic) bond motifs is 5. The minimum absolute atomic E-state index is 0.0508. The minimum Gasteiger partial charge on any atom is -0.354 e. The second kappa shape index (κ2) is 4.23. The standard InChI is InChI=1S/C15H17BrN2O/c16-10-5-6-11-13(8-10)18-12-4-2-1-3-9(12)7-14(18)15(19)17-11/h5-6,8-9,12,14H,1-4,7H2,(H,17,19). The van der Waals surface area contributed by atoms with E-state index in [-0.39, 0.29) is 11.9 Å². The first-order valence-electron chi connectivity index (χ1n) is 7.13. The van der Waals surface area contributed by atoms with Gasteiger partial charge in [-0.25, -0.2) is 0 Å². The fraction of sp³-hybridized carbons (Fsp3) is 0.533. The van der Waals surface area contributed by atoms with Crippen LogP contribution in [0, 0.1) is 5.92 Å². The van der Waals surface area contributed by atoms with Crippen molar-refractivity contribution in [2.24, 2.45) is 5.92 Å². The molecule has 2 heterocycles. The Kier molecular flexibility index (Phi) is 2.62. The summed E-state index contributed by atoms with van der Waals surface area (Å²) in [6, 6.07) is 6.77. The third-order valence-corrected chi connectivity index (χ3v) is 5.38. The molecule has 3 nitrogen and oxygen atoms in total. The van der Waals surface area contributed by atoms with Gasteiger partial charge in [0.05, 0.1) is 11.4 Å². The van der Waals surface area contributed by atoms with Crippen molar-refractivity contribution >= 4 is 33.2 Å². The average Bonchev–Trinajstić information content (AvgIpc) is 2.80. The fourth-order valence-corrected chi connectivity index (χ4v) is 4.43. The van der Waals surface area contributed by atoms with Gasteiger partial charge in [0, 0.05) is 10.5 Å². The van der Waals surface area contributed by atoms with Gasteiger partial charge >= 0.3 is 0 Å². The van der Waals surface area contributed by atoms with Crippen LogP contribution in [0.5, 0.6) is 0 Å². The Labute approximate surface area is 121 Å². The molecule has 3 unspecified atom stereocenters. The minimum atomic E-state index is 0.0508. The zero-order valence-corrected chi connectivity index (χ0v) is 12.3. The maximum atomic E-state index is 12.3. The van der Waals surface area contributed by atoms with Crippen LogP contribution in [0.4, 0.5) is 11.4 Å². The van der Waals surface area contributed by atoms with Crippen molar-refractivity contribution in [1.82, 2.24) is 0 Å². The summed E-state index contributed by atoms with van der Waals surface area (Å²) < 4.78 is 1.08. The van der Waals surface area contributed by atoms with Crippen molar-refractivity contribution in [2.45, 2.75) is 44.2 Å². The van der Waals surface area contributed by atoms with Crippen molar-refractivity contribution in [1.29, 1.82) is 0 Å². The fourth-order valence-electron chi connectivity index (χ4n) is 4.08. The van der Waals surface area contributed by atoms with E-state index in [1.54, 1.807) is 0 Å². The highest BCUT2D eigenvalue weighted by Crippen LogP contribution is 2.47. The third-order valence-electron chi connectivity index (χ3n) is 4.89. The Morgan fingerprint density at radius 3 is 3.00 bits per heavy atom. The first-order chi connectivity index (χ1) is 9.24. The van der Waals surface area contributed by atoms with Gasteiger partial charge in [0.1, 0.15) is 6.04 Å². The zero-order chi connectivity index (χ0) is 13.0. The molecule has 1 aliphatic carbocycles. The smallest absolute Gasteiger partial charge is 0.247 e. The van der Waals surface area contributed by atoms with Crippen molar-refractivity contribution in [2.75, 3.05) is 10.2 Å². The number of benzene rings is 1. The van der Waals surface area contributed by atoms with Gasteiger partial charge in [-0.15, -0.1) is 0 Å². The van der Waals surface area contributed by atoms with E-state index in [1.807, 2.05) is 12.1 Å². The lowest BCUT2D eigenvalue weighted by atomic mass is 9.84. The van der Waals surface area contributed by atoms with Crippen LogP contribution in [0.3, 0.4) is 0 Å². The molecule has 2 aliphatic heterocycles. The van der Waals surface area contributed by atoms with Gasteiger partial charge in [-0.05, 0) is 43.4 Å². The highest BCUT2D eigenvalue weighted by Gasteiger charge is 2.47. The summed E-state index contributed by atoms with van der Waals surface area (Å²) in [6.07, 6.45) is 6.18. The number of halogens is 1. The number of hydrogen-bond donors (Lipinski definition) is 1. The van der Waals surface area contributed by atoms with Crippen molar-refractivity contribution in [3.05, 3.63) is 22.7 Å². The van der Waals surface area contributed by atoms with Crippen LogP contribution in [0.15, 0.2) is 22.7 Å². The molecule has 0 bridgehead atoms. The number of nitrogens with zero attached hydrogens (tertiary/aromatic N) is 1. The highest BCUT2D eigenvalue weighted by atomic mass is 79.9. The summed E-state index contributed by atoms with van der Waals surface area (Å²) >= 11 is 3.55. The van der Waals surface area contributed by atoms with E-state index in [2.05, 4.69) is 32.2 Å². The molecule has 1 aromatic carbocycles. The molecule has 1 saturated heterocycles. The monoisotopic (exact) mass is 320 g/mol. The van der Waals surface area contributed by atoms with Gasteiger partial charge in [-0.1, -0.05) is 28.8 Å². The van der Waals surface area contributed by atoms with Crippen LogP contribution in [0.25, 0.3) is 0 Å². The normalized spacial score (nSPS) is 32.4. The first-order valence-corrected chi connectivity index (χ1v) is 7.92. The summed E-state index contributed by atoms with van der Waals surface area (Å²) in [5.41, 5.74) is 2.17. The highest BCUT2D eigenvalue weighted by molar-refractivity contribution is 9.10. The Bertz CT molecular complexity index is 545. The quantitative estimate of drug-likeness (QED) is 0.793. The average molecular weight is 321 g/mol. The van der Waals surface area contributed by atoms with E-state index in [0.29, 0.717) is 12.0 Å². The molecule has 0 spiro atoms. The van der Waals surface area contributed by atoms with E-state index in [0.717, 1.165) is 16.6 Å². The lowest BCUT2D eigenvalue weighted by Crippen LogP contribution is -2.48. The predicted molar refractivity (Wildman–Crippen MR) is 79.4 cm³/mol. The molecular weight excluding hydrogens is 304 g/mol. The maximum absolute atomic E-state index is 12.3. The van der Waals surface area contributed by atoms with E-state index in [4.69, 9.17) is 0 Å². The molecule has 2 fully saturated rings. The summed E-state index contributed by atoms with van der Waals surface area (Å²) in [5, 5.41) is 3.07. The Morgan fingerprint density at radius 2 is 2.11 bits per heavy atom. The molecular formula is C15H17BrN2O. The van der Waals surface area contributed by atoms with Crippen LogP contribution in [-0.2, 0) is 4.79 Å². The Morgan fingerprint density at radius 1 is 1.26 bits per heavy atom. The molecule has 1 amide bonds. The lowest BCUT2D eigenvalue weighted by molar-refractivity contribution is -0.117. The van der Waals surface area contributed by atoms with E-state index >= 15 is 0 Å². The van der Waals surface area contributed by atoms with Gasteiger partial charge in [0.15, 0.2) is 0 Å². The second-order valence-electron chi connectivity index (χ2n) is 5.92. The van der Waals surface area contributed by atoms with Crippen LogP contribution < -0.4 is 10.2 Å². The van der Waals surface area contributed by atoms with Gasteiger partial charge < -0.3 is 10.2 Å². The number of anilines is 2. The lowest BCUT2D eigenvalue weighted by Gasteiger charge is -2.39. The van der Waals surface area contributed by atoms with E-state index in [1.165, 1.54) is 31.4 Å². The number of nitrogens with one attached hydrogen (secondary N) is 1. The van der Waals surface area contributed by atoms with Gasteiger partial charge in [-0.3, -0.25) is 4.79 Å². The Hall–Kier alpha value is -1.03. The molecule has 4 rings (SSSR count). The number of carbonyl (C=O) groups is 1. The van der Waals surface area contributed by atoms with Crippen LogP contribution >= 0.6 is 15.9 Å². The topological polar surface area (TPSA) is 32.3 Å². The number of amides is 1. The predicted octanol–water partition coefficient (Wildman–Crippen LogP) is 3.54. The van der Waals surface area contributed by atoms with Crippen molar-refractivity contribution in [3.63, 3.8) is 0 Å². The SMILES string of the molecule is O=C1Nc2ccc(Br)cc2N2C1CC1CCCCC12. The molecule has 19 heavy (non-hydrogen) atoms. The summed E-state index contributed by atoms with van der Waals surface area (Å²) in [6.45, 7) is 0. The number of hydrogen-bond acceptors (Lipinski definition) is 2. The zero-order valence-electron chi connectivity index (χ0n) is 10.7. The Balaban J connectivity index is 1.81. The van der Waals surface area contributed by atoms with Gasteiger partial charge in [0.25, 0.3) is 0 Å². The molecule has 1 aromatic rings. The molecule has 3 atom stereocenters. The second-order valence-corrected chi connectivity index (χ2v) is 6.84. The first kappa shape index (κ1) is 11.8. The van der Waals surface area contributed by atoms with Crippen molar-refractivity contribution < 1.29 is 4.79 Å². The molecule has 1 saturated carbocycles. The molecule has 4 heteroatoms. The van der Waals surface area contributed by atoms with Crippen LogP contribution in [0.1, 0.15) is 32.1 Å². The van der Waals surface area contributed by atoms with Crippen LogP contribution in [-0.4, -0.2) is 18.0 Å². The van der Waals surface area contributed by atoms with Gasteiger partial charge in [0.2, 0.25) is 5.91 Å². The van der Waals surface area contributed by atoms with Gasteiger partial charge in [-0.2, -0.15) is 0 Å². The third kappa shape index (κ3) is 1.72. The maximum Gasteiger partial charge on any atom is 0.247 e. The molecule has 100 valence electrons. The largest absolute Gasteiger partial charge is 0.354 e. The molecule has 0 radical (unpaired) electrons. The summed E-state index contributed by atoms with van der Waals surface area (Å²) in [5.74, 6) is 0.888. The summed E-state index contributed by atoms with van der Waals surface area (Å²) in [7, 11) is 0. The summed E-state index contributed by atoms with van der Waals surface area (Å²) in [4.78, 5) is 14.7. The van der Waals surface area contributed by atoms with E-state index in [9.17, 15) is 4.79 Å². The molecule has 1 N–H and O–H groups in total. The van der Waals surface area contributed by atoms with Crippen molar-refractivity contribution in [3.8, 4) is 0 Å². The van der Waals surface area contributed by atoms with Crippen LogP contribution in [0.2, 0.25) is 0 Å².